The van der Waals surface area contributed by atoms with Crippen LogP contribution >= 0.6 is 27.3 Å². The Kier molecular flexibility index (Phi) is 2.84. The Morgan fingerprint density at radius 3 is 2.69 bits per heavy atom. The summed E-state index contributed by atoms with van der Waals surface area (Å²) in [5.41, 5.74) is 0.886. The number of thiophene rings is 1. The van der Waals surface area contributed by atoms with E-state index in [9.17, 15) is 4.79 Å². The maximum absolute atomic E-state index is 11.9. The fourth-order valence-corrected chi connectivity index (χ4v) is 3.15. The molecule has 0 saturated heterocycles. The molecule has 0 bridgehead atoms. The lowest BCUT2D eigenvalue weighted by molar-refractivity contribution is 0.0922. The minimum absolute atomic E-state index is 0.297. The molecule has 1 aliphatic rings. The molecule has 70 valence electrons. The largest absolute Gasteiger partial charge is 0.294 e. The second-order valence-corrected chi connectivity index (χ2v) is 5.69. The Morgan fingerprint density at radius 2 is 2.15 bits per heavy atom. The number of carbonyl (C=O) groups is 1. The predicted molar refractivity (Wildman–Crippen MR) is 58.3 cm³/mol. The van der Waals surface area contributed by atoms with Crippen LogP contribution in [0.15, 0.2) is 15.2 Å². The number of ketones is 1. The monoisotopic (exact) mass is 258 g/mol. The van der Waals surface area contributed by atoms with Gasteiger partial charge in [0.15, 0.2) is 5.78 Å². The van der Waals surface area contributed by atoms with Crippen LogP contribution in [-0.2, 0) is 0 Å². The van der Waals surface area contributed by atoms with Crippen molar-refractivity contribution in [3.05, 3.63) is 20.8 Å². The van der Waals surface area contributed by atoms with Crippen molar-refractivity contribution in [3.63, 3.8) is 0 Å². The van der Waals surface area contributed by atoms with E-state index in [1.54, 1.807) is 11.3 Å². The number of Topliss-reactive ketones (excluding diaryl/α,β-unsaturated/α-hetero) is 1. The van der Waals surface area contributed by atoms with Gasteiger partial charge in [0, 0.05) is 11.5 Å². The lowest BCUT2D eigenvalue weighted by Crippen LogP contribution is -2.10. The van der Waals surface area contributed by atoms with Gasteiger partial charge in [-0.15, -0.1) is 11.3 Å². The summed E-state index contributed by atoms with van der Waals surface area (Å²) < 4.78 is 0.990. The molecule has 0 aromatic carbocycles. The van der Waals surface area contributed by atoms with Gasteiger partial charge in [0.2, 0.25) is 0 Å². The van der Waals surface area contributed by atoms with E-state index in [2.05, 4.69) is 15.9 Å². The van der Waals surface area contributed by atoms with Crippen LogP contribution in [0.1, 0.15) is 36.0 Å². The van der Waals surface area contributed by atoms with Gasteiger partial charge < -0.3 is 0 Å². The molecule has 1 saturated carbocycles. The summed E-state index contributed by atoms with van der Waals surface area (Å²) in [5, 5.41) is 1.96. The van der Waals surface area contributed by atoms with Crippen molar-refractivity contribution in [2.24, 2.45) is 5.92 Å². The van der Waals surface area contributed by atoms with Crippen LogP contribution in [0.3, 0.4) is 0 Å². The van der Waals surface area contributed by atoms with Crippen LogP contribution in [0.4, 0.5) is 0 Å². The summed E-state index contributed by atoms with van der Waals surface area (Å²) in [6.45, 7) is 0. The highest BCUT2D eigenvalue weighted by atomic mass is 79.9. The Balaban J connectivity index is 2.17. The molecular formula is C10H11BrOS. The van der Waals surface area contributed by atoms with Crippen molar-refractivity contribution in [3.8, 4) is 0 Å². The van der Waals surface area contributed by atoms with E-state index < -0.39 is 0 Å². The van der Waals surface area contributed by atoms with Gasteiger partial charge in [0.05, 0.1) is 3.79 Å². The Morgan fingerprint density at radius 1 is 1.46 bits per heavy atom. The third-order valence-corrected chi connectivity index (χ3v) is 4.30. The molecule has 0 atom stereocenters. The van der Waals surface area contributed by atoms with Crippen LogP contribution in [-0.4, -0.2) is 5.78 Å². The molecule has 0 N–H and O–H groups in total. The molecule has 0 aliphatic heterocycles. The molecule has 0 radical (unpaired) electrons. The zero-order valence-corrected chi connectivity index (χ0v) is 9.66. The van der Waals surface area contributed by atoms with Gasteiger partial charge >= 0.3 is 0 Å². The molecule has 0 amide bonds. The standard InChI is InChI=1S/C10H11BrOS/c11-10-8(5-6-13-10)9(12)7-3-1-2-4-7/h5-7H,1-4H2. The van der Waals surface area contributed by atoms with Gasteiger partial charge in [0.25, 0.3) is 0 Å². The Labute approximate surface area is 90.3 Å². The number of halogens is 1. The SMILES string of the molecule is O=C(c1ccsc1Br)C1CCCC1. The highest BCUT2D eigenvalue weighted by Gasteiger charge is 2.25. The van der Waals surface area contributed by atoms with E-state index in [1.165, 1.54) is 12.8 Å². The van der Waals surface area contributed by atoms with E-state index >= 15 is 0 Å². The normalized spacial score (nSPS) is 17.9. The predicted octanol–water partition coefficient (Wildman–Crippen LogP) is 3.88. The molecule has 1 heterocycles. The molecule has 3 heteroatoms. The van der Waals surface area contributed by atoms with Gasteiger partial charge in [-0.25, -0.2) is 0 Å². The topological polar surface area (TPSA) is 17.1 Å². The van der Waals surface area contributed by atoms with Crippen molar-refractivity contribution < 1.29 is 4.79 Å². The molecule has 0 unspecified atom stereocenters. The van der Waals surface area contributed by atoms with Crippen LogP contribution in [0, 0.1) is 5.92 Å². The van der Waals surface area contributed by atoms with E-state index in [-0.39, 0.29) is 0 Å². The summed E-state index contributed by atoms with van der Waals surface area (Å²) >= 11 is 5.00. The maximum atomic E-state index is 11.9. The quantitative estimate of drug-likeness (QED) is 0.736. The van der Waals surface area contributed by atoms with Crippen molar-refractivity contribution in [2.45, 2.75) is 25.7 Å². The van der Waals surface area contributed by atoms with Crippen LogP contribution in [0.5, 0.6) is 0 Å². The second kappa shape index (κ2) is 3.93. The van der Waals surface area contributed by atoms with Crippen LogP contribution in [0.2, 0.25) is 0 Å². The molecule has 2 rings (SSSR count). The van der Waals surface area contributed by atoms with Crippen molar-refractivity contribution in [1.82, 2.24) is 0 Å². The van der Waals surface area contributed by atoms with Gasteiger partial charge in [0.1, 0.15) is 0 Å². The molecule has 13 heavy (non-hydrogen) atoms. The minimum Gasteiger partial charge on any atom is -0.294 e. The lowest BCUT2D eigenvalue weighted by atomic mass is 9.98. The number of rotatable bonds is 2. The van der Waals surface area contributed by atoms with Crippen molar-refractivity contribution >= 4 is 33.0 Å². The zero-order chi connectivity index (χ0) is 9.26. The molecule has 1 aromatic heterocycles. The van der Waals surface area contributed by atoms with E-state index in [1.807, 2.05) is 11.4 Å². The molecular weight excluding hydrogens is 248 g/mol. The number of carbonyl (C=O) groups excluding carboxylic acids is 1. The maximum Gasteiger partial charge on any atom is 0.167 e. The molecule has 1 fully saturated rings. The van der Waals surface area contributed by atoms with Gasteiger partial charge in [-0.1, -0.05) is 12.8 Å². The summed E-state index contributed by atoms with van der Waals surface area (Å²) in [7, 11) is 0. The lowest BCUT2D eigenvalue weighted by Gasteiger charge is -2.05. The summed E-state index contributed by atoms with van der Waals surface area (Å²) in [6.07, 6.45) is 4.61. The molecule has 1 aromatic rings. The van der Waals surface area contributed by atoms with E-state index in [0.29, 0.717) is 11.7 Å². The van der Waals surface area contributed by atoms with Gasteiger partial charge in [-0.2, -0.15) is 0 Å². The first-order valence-corrected chi connectivity index (χ1v) is 6.23. The highest BCUT2D eigenvalue weighted by molar-refractivity contribution is 9.11. The van der Waals surface area contributed by atoms with Crippen molar-refractivity contribution in [1.29, 1.82) is 0 Å². The van der Waals surface area contributed by atoms with E-state index in [0.717, 1.165) is 22.2 Å². The number of hydrogen-bond acceptors (Lipinski definition) is 2. The first kappa shape index (κ1) is 9.41. The average molecular weight is 259 g/mol. The molecule has 0 spiro atoms. The van der Waals surface area contributed by atoms with Gasteiger partial charge in [-0.3, -0.25) is 4.79 Å². The van der Waals surface area contributed by atoms with Crippen LogP contribution < -0.4 is 0 Å². The zero-order valence-electron chi connectivity index (χ0n) is 7.25. The minimum atomic E-state index is 0.297. The second-order valence-electron chi connectivity index (χ2n) is 3.45. The Hall–Kier alpha value is -0.150. The molecule has 1 nitrogen and oxygen atoms in total. The van der Waals surface area contributed by atoms with Crippen molar-refractivity contribution in [2.75, 3.05) is 0 Å². The molecule has 1 aliphatic carbocycles. The first-order chi connectivity index (χ1) is 6.29. The summed E-state index contributed by atoms with van der Waals surface area (Å²) in [5.74, 6) is 0.636. The average Bonchev–Trinajstić information content (AvgIpc) is 2.72. The third-order valence-electron chi connectivity index (χ3n) is 2.61. The fraction of sp³-hybridized carbons (Fsp3) is 0.500. The third kappa shape index (κ3) is 1.86. The van der Waals surface area contributed by atoms with E-state index in [4.69, 9.17) is 0 Å². The summed E-state index contributed by atoms with van der Waals surface area (Å²) in [4.78, 5) is 11.9. The Bertz CT molecular complexity index is 312. The number of hydrogen-bond donors (Lipinski definition) is 0. The highest BCUT2D eigenvalue weighted by Crippen LogP contribution is 2.32. The van der Waals surface area contributed by atoms with Crippen LogP contribution in [0.25, 0.3) is 0 Å². The fourth-order valence-electron chi connectivity index (χ4n) is 1.88. The van der Waals surface area contributed by atoms with Gasteiger partial charge in [-0.05, 0) is 40.2 Å². The first-order valence-electron chi connectivity index (χ1n) is 4.56. The smallest absolute Gasteiger partial charge is 0.167 e. The summed E-state index contributed by atoms with van der Waals surface area (Å²) in [6, 6.07) is 1.93.